The highest BCUT2D eigenvalue weighted by molar-refractivity contribution is 5.58. The predicted molar refractivity (Wildman–Crippen MR) is 60.4 cm³/mol. The molecule has 0 amide bonds. The maximum Gasteiger partial charge on any atom is 0.126 e. The van der Waals surface area contributed by atoms with Gasteiger partial charge in [-0.1, -0.05) is 19.9 Å². The smallest absolute Gasteiger partial charge is 0.126 e. The molecule has 15 heavy (non-hydrogen) atoms. The molecule has 3 heteroatoms. The van der Waals surface area contributed by atoms with Gasteiger partial charge in [0.25, 0.3) is 0 Å². The Labute approximate surface area is 91.1 Å². The molecule has 1 rings (SSSR count). The van der Waals surface area contributed by atoms with Crippen LogP contribution in [0, 0.1) is 5.41 Å². The zero-order valence-corrected chi connectivity index (χ0v) is 9.60. The lowest BCUT2D eigenvalue weighted by Crippen LogP contribution is -2.32. The summed E-state index contributed by atoms with van der Waals surface area (Å²) in [4.78, 5) is 17.1. The van der Waals surface area contributed by atoms with Crippen LogP contribution in [0.25, 0.3) is 0 Å². The Morgan fingerprint density at radius 3 is 2.73 bits per heavy atom. The number of aldehydes is 1. The summed E-state index contributed by atoms with van der Waals surface area (Å²) in [6.07, 6.45) is 2.79. The molecule has 0 spiro atoms. The van der Waals surface area contributed by atoms with Gasteiger partial charge in [0, 0.05) is 24.7 Å². The van der Waals surface area contributed by atoms with Gasteiger partial charge in [0.1, 0.15) is 6.29 Å². The van der Waals surface area contributed by atoms with Gasteiger partial charge in [-0.05, 0) is 19.2 Å². The molecule has 0 aliphatic heterocycles. The molecule has 0 saturated carbocycles. The summed E-state index contributed by atoms with van der Waals surface area (Å²) in [5.74, 6) is 0. The van der Waals surface area contributed by atoms with Crippen molar-refractivity contribution in [3.05, 3.63) is 30.1 Å². The summed E-state index contributed by atoms with van der Waals surface area (Å²) in [5.41, 5.74) is 0.741. The first kappa shape index (κ1) is 11.9. The Balaban J connectivity index is 2.50. The Morgan fingerprint density at radius 2 is 2.20 bits per heavy atom. The van der Waals surface area contributed by atoms with E-state index >= 15 is 0 Å². The first-order valence-electron chi connectivity index (χ1n) is 5.08. The average Bonchev–Trinajstić information content (AvgIpc) is 2.18. The first-order chi connectivity index (χ1) is 7.03. The van der Waals surface area contributed by atoms with Crippen molar-refractivity contribution in [2.24, 2.45) is 5.41 Å². The number of hydrogen-bond donors (Lipinski definition) is 0. The van der Waals surface area contributed by atoms with Crippen molar-refractivity contribution in [1.82, 2.24) is 9.88 Å². The van der Waals surface area contributed by atoms with Gasteiger partial charge in [-0.25, -0.2) is 0 Å². The highest BCUT2D eigenvalue weighted by atomic mass is 16.1. The molecule has 3 nitrogen and oxygen atoms in total. The third-order valence-electron chi connectivity index (χ3n) is 2.15. The van der Waals surface area contributed by atoms with Crippen molar-refractivity contribution >= 4 is 6.29 Å². The molecule has 0 N–H and O–H groups in total. The molecule has 82 valence electrons. The second kappa shape index (κ2) is 5.03. The van der Waals surface area contributed by atoms with Gasteiger partial charge in [0.2, 0.25) is 0 Å². The predicted octanol–water partition coefficient (Wildman–Crippen LogP) is 1.74. The van der Waals surface area contributed by atoms with Crippen LogP contribution in [0.3, 0.4) is 0 Å². The fourth-order valence-electron chi connectivity index (χ4n) is 1.56. The average molecular weight is 206 g/mol. The van der Waals surface area contributed by atoms with Crippen molar-refractivity contribution in [2.45, 2.75) is 20.4 Å². The molecule has 0 bridgehead atoms. The third-order valence-corrected chi connectivity index (χ3v) is 2.15. The number of carbonyl (C=O) groups excluding carboxylic acids is 1. The summed E-state index contributed by atoms with van der Waals surface area (Å²) in [5, 5.41) is 0. The molecule has 1 heterocycles. The van der Waals surface area contributed by atoms with Crippen molar-refractivity contribution in [1.29, 1.82) is 0 Å². The molecule has 0 aromatic carbocycles. The van der Waals surface area contributed by atoms with Gasteiger partial charge in [0.05, 0.1) is 5.69 Å². The summed E-state index contributed by atoms with van der Waals surface area (Å²) in [6, 6.07) is 5.87. The normalized spacial score (nSPS) is 11.7. The van der Waals surface area contributed by atoms with Gasteiger partial charge in [-0.3, -0.25) is 9.88 Å². The van der Waals surface area contributed by atoms with Gasteiger partial charge < -0.3 is 4.79 Å². The Kier molecular flexibility index (Phi) is 3.97. The fourth-order valence-corrected chi connectivity index (χ4v) is 1.56. The summed E-state index contributed by atoms with van der Waals surface area (Å²) >= 11 is 0. The summed E-state index contributed by atoms with van der Waals surface area (Å²) < 4.78 is 0. The van der Waals surface area contributed by atoms with Gasteiger partial charge >= 0.3 is 0 Å². The standard InChI is InChI=1S/C12H18N2O/c1-12(2,10-15)9-14(3)8-11-6-4-5-7-13-11/h4-7,10H,8-9H2,1-3H3. The minimum atomic E-state index is -0.288. The van der Waals surface area contributed by atoms with Crippen LogP contribution in [0.5, 0.6) is 0 Å². The minimum Gasteiger partial charge on any atom is -0.303 e. The fraction of sp³-hybridized carbons (Fsp3) is 0.500. The van der Waals surface area contributed by atoms with E-state index in [1.54, 1.807) is 6.20 Å². The molecule has 0 saturated heterocycles. The highest BCUT2D eigenvalue weighted by Gasteiger charge is 2.18. The highest BCUT2D eigenvalue weighted by Crippen LogP contribution is 2.13. The van der Waals surface area contributed by atoms with Crippen LogP contribution < -0.4 is 0 Å². The summed E-state index contributed by atoms with van der Waals surface area (Å²) in [7, 11) is 2.00. The Bertz CT molecular complexity index is 309. The van der Waals surface area contributed by atoms with E-state index in [-0.39, 0.29) is 5.41 Å². The van der Waals surface area contributed by atoms with Gasteiger partial charge in [0.15, 0.2) is 0 Å². The van der Waals surface area contributed by atoms with E-state index in [0.29, 0.717) is 0 Å². The van der Waals surface area contributed by atoms with Crippen LogP contribution in [0.4, 0.5) is 0 Å². The van der Waals surface area contributed by atoms with E-state index < -0.39 is 0 Å². The van der Waals surface area contributed by atoms with Gasteiger partial charge in [-0.15, -0.1) is 0 Å². The molecule has 0 aliphatic carbocycles. The number of pyridine rings is 1. The number of carbonyl (C=O) groups is 1. The van der Waals surface area contributed by atoms with Gasteiger partial charge in [-0.2, -0.15) is 0 Å². The largest absolute Gasteiger partial charge is 0.303 e. The van der Waals surface area contributed by atoms with Crippen LogP contribution in [0.1, 0.15) is 19.5 Å². The molecule has 0 radical (unpaired) electrons. The second-order valence-electron chi connectivity index (χ2n) is 4.60. The zero-order valence-electron chi connectivity index (χ0n) is 9.60. The molecule has 0 fully saturated rings. The third kappa shape index (κ3) is 4.21. The lowest BCUT2D eigenvalue weighted by molar-refractivity contribution is -0.115. The van der Waals surface area contributed by atoms with E-state index in [0.717, 1.165) is 25.1 Å². The molecule has 0 aliphatic rings. The molecule has 1 aromatic rings. The topological polar surface area (TPSA) is 33.2 Å². The van der Waals surface area contributed by atoms with E-state index in [9.17, 15) is 4.79 Å². The Morgan fingerprint density at radius 1 is 1.47 bits per heavy atom. The maximum atomic E-state index is 10.8. The molecular weight excluding hydrogens is 188 g/mol. The van der Waals surface area contributed by atoms with E-state index in [4.69, 9.17) is 0 Å². The minimum absolute atomic E-state index is 0.288. The lowest BCUT2D eigenvalue weighted by Gasteiger charge is -2.24. The quantitative estimate of drug-likeness (QED) is 0.688. The molecule has 0 unspecified atom stereocenters. The molecule has 0 atom stereocenters. The zero-order chi connectivity index (χ0) is 11.3. The lowest BCUT2D eigenvalue weighted by atomic mass is 9.95. The van der Waals surface area contributed by atoms with Crippen molar-refractivity contribution in [3.63, 3.8) is 0 Å². The van der Waals surface area contributed by atoms with Crippen molar-refractivity contribution in [2.75, 3.05) is 13.6 Å². The number of hydrogen-bond acceptors (Lipinski definition) is 3. The Hall–Kier alpha value is -1.22. The number of aromatic nitrogens is 1. The van der Waals surface area contributed by atoms with E-state index in [2.05, 4.69) is 9.88 Å². The first-order valence-corrected chi connectivity index (χ1v) is 5.08. The molecule has 1 aromatic heterocycles. The van der Waals surface area contributed by atoms with Crippen LogP contribution in [-0.4, -0.2) is 29.8 Å². The van der Waals surface area contributed by atoms with Crippen molar-refractivity contribution < 1.29 is 4.79 Å². The monoisotopic (exact) mass is 206 g/mol. The molecular formula is C12H18N2O. The van der Waals surface area contributed by atoms with E-state index in [1.807, 2.05) is 39.1 Å². The number of rotatable bonds is 5. The second-order valence-corrected chi connectivity index (χ2v) is 4.60. The SMILES string of the molecule is CN(Cc1ccccn1)CC(C)(C)C=O. The van der Waals surface area contributed by atoms with Crippen LogP contribution >= 0.6 is 0 Å². The van der Waals surface area contributed by atoms with Crippen LogP contribution in [0.2, 0.25) is 0 Å². The number of nitrogens with zero attached hydrogens (tertiary/aromatic N) is 2. The summed E-state index contributed by atoms with van der Waals surface area (Å²) in [6.45, 7) is 5.40. The van der Waals surface area contributed by atoms with E-state index in [1.165, 1.54) is 0 Å². The van der Waals surface area contributed by atoms with Crippen LogP contribution in [0.15, 0.2) is 24.4 Å². The van der Waals surface area contributed by atoms with Crippen LogP contribution in [-0.2, 0) is 11.3 Å². The maximum absolute atomic E-state index is 10.8. The van der Waals surface area contributed by atoms with Crippen molar-refractivity contribution in [3.8, 4) is 0 Å².